The molecule has 2 aliphatic rings. The Morgan fingerprint density at radius 1 is 0.788 bits per heavy atom. The lowest BCUT2D eigenvalue weighted by Crippen LogP contribution is -2.54. The maximum absolute atomic E-state index is 11.3. The maximum atomic E-state index is 11.3. The average Bonchev–Trinajstić information content (AvgIpc) is 2.73. The van der Waals surface area contributed by atoms with Gasteiger partial charge in [0.15, 0.2) is 0 Å². The molecule has 10 N–H and O–H groups in total. The van der Waals surface area contributed by atoms with Crippen molar-refractivity contribution < 1.29 is 4.79 Å². The number of nitrogens with two attached hydrogens (primary N) is 4. The SMILES string of the molecule is CC(=O)Nc1ccc(Nc2nc(N3C[C@H](N)C[C@H](N)C3)nc(N3C[C@H](N)C[C@H](N)C3)n2)cc1. The van der Waals surface area contributed by atoms with Crippen LogP contribution in [0.1, 0.15) is 19.8 Å². The highest BCUT2D eigenvalue weighted by Gasteiger charge is 2.28. The average molecular weight is 456 g/mol. The van der Waals surface area contributed by atoms with Crippen LogP contribution in [0, 0.1) is 0 Å². The number of aromatic nitrogens is 3. The smallest absolute Gasteiger partial charge is 0.233 e. The van der Waals surface area contributed by atoms with Crippen molar-refractivity contribution in [2.45, 2.75) is 43.9 Å². The van der Waals surface area contributed by atoms with Crippen LogP contribution in [0.25, 0.3) is 0 Å². The summed E-state index contributed by atoms with van der Waals surface area (Å²) in [5, 5.41) is 5.98. The van der Waals surface area contributed by atoms with E-state index in [1.807, 2.05) is 21.9 Å². The minimum atomic E-state index is -0.127. The summed E-state index contributed by atoms with van der Waals surface area (Å²) in [6.45, 7) is 3.92. The molecule has 2 aliphatic heterocycles. The van der Waals surface area contributed by atoms with Gasteiger partial charge in [0.05, 0.1) is 0 Å². The van der Waals surface area contributed by atoms with Crippen molar-refractivity contribution in [3.8, 4) is 0 Å². The molecule has 0 radical (unpaired) electrons. The standard InChI is InChI=1S/C21H33N11O/c1-12(33)26-17-2-4-18(5-3-17)27-19-28-20(31-8-13(22)6-14(23)9-31)30-21(29-19)32-10-15(24)7-16(25)11-32/h2-5,13-16H,6-11,22-25H2,1H3,(H,26,33)(H,27,28,29,30)/t13-,14+,15-,16+. The zero-order chi connectivity index (χ0) is 23.5. The fraction of sp³-hybridized carbons (Fsp3) is 0.524. The number of nitrogens with one attached hydrogen (secondary N) is 2. The first-order valence-electron chi connectivity index (χ1n) is 11.2. The predicted molar refractivity (Wildman–Crippen MR) is 129 cm³/mol. The quantitative estimate of drug-likeness (QED) is 0.334. The van der Waals surface area contributed by atoms with Gasteiger partial charge >= 0.3 is 0 Å². The first-order valence-corrected chi connectivity index (χ1v) is 11.2. The molecule has 2 fully saturated rings. The lowest BCUT2D eigenvalue weighted by atomic mass is 10.0. The lowest BCUT2D eigenvalue weighted by molar-refractivity contribution is -0.114. The van der Waals surface area contributed by atoms with Crippen molar-refractivity contribution in [3.05, 3.63) is 24.3 Å². The second-order valence-electron chi connectivity index (χ2n) is 8.96. The van der Waals surface area contributed by atoms with Crippen molar-refractivity contribution in [2.24, 2.45) is 22.9 Å². The van der Waals surface area contributed by atoms with E-state index >= 15 is 0 Å². The lowest BCUT2D eigenvalue weighted by Gasteiger charge is -2.37. The third kappa shape index (κ3) is 6.05. The molecular weight excluding hydrogens is 422 g/mol. The summed E-state index contributed by atoms with van der Waals surface area (Å²) in [6, 6.07) is 7.08. The zero-order valence-electron chi connectivity index (χ0n) is 18.8. The number of piperidine rings is 2. The summed E-state index contributed by atoms with van der Waals surface area (Å²) >= 11 is 0. The van der Waals surface area contributed by atoms with E-state index < -0.39 is 0 Å². The molecule has 0 spiro atoms. The Balaban J connectivity index is 1.63. The molecule has 2 aromatic rings. The molecule has 4 rings (SSSR count). The highest BCUT2D eigenvalue weighted by atomic mass is 16.1. The largest absolute Gasteiger partial charge is 0.338 e. The van der Waals surface area contributed by atoms with Gasteiger partial charge in [-0.2, -0.15) is 15.0 Å². The first-order chi connectivity index (χ1) is 15.7. The maximum Gasteiger partial charge on any atom is 0.233 e. The molecule has 1 aromatic carbocycles. The van der Waals surface area contributed by atoms with Crippen LogP contribution < -0.4 is 43.4 Å². The fourth-order valence-corrected chi connectivity index (χ4v) is 4.35. The Bertz CT molecular complexity index is 905. The molecule has 178 valence electrons. The van der Waals surface area contributed by atoms with E-state index in [1.54, 1.807) is 12.1 Å². The van der Waals surface area contributed by atoms with E-state index in [-0.39, 0.29) is 30.1 Å². The highest BCUT2D eigenvalue weighted by molar-refractivity contribution is 5.88. The molecule has 12 nitrogen and oxygen atoms in total. The van der Waals surface area contributed by atoms with Crippen LogP contribution in [-0.2, 0) is 4.79 Å². The molecule has 33 heavy (non-hydrogen) atoms. The van der Waals surface area contributed by atoms with Crippen LogP contribution in [0.3, 0.4) is 0 Å². The number of carbonyl (C=O) groups excluding carboxylic acids is 1. The summed E-state index contributed by atoms with van der Waals surface area (Å²) in [5.41, 5.74) is 26.3. The molecule has 4 atom stereocenters. The van der Waals surface area contributed by atoms with Gasteiger partial charge in [-0.3, -0.25) is 4.79 Å². The number of benzene rings is 1. The molecule has 12 heteroatoms. The summed E-state index contributed by atoms with van der Waals surface area (Å²) in [7, 11) is 0. The number of rotatable bonds is 5. The molecule has 0 aliphatic carbocycles. The summed E-state index contributed by atoms with van der Waals surface area (Å²) in [5.74, 6) is 1.28. The van der Waals surface area contributed by atoms with Crippen LogP contribution in [0.2, 0.25) is 0 Å². The molecule has 0 unspecified atom stereocenters. The van der Waals surface area contributed by atoms with Gasteiger partial charge in [0.2, 0.25) is 23.8 Å². The number of hydrogen-bond acceptors (Lipinski definition) is 11. The first kappa shape index (κ1) is 23.1. The van der Waals surface area contributed by atoms with Crippen molar-refractivity contribution >= 4 is 35.1 Å². The van der Waals surface area contributed by atoms with Crippen molar-refractivity contribution in [1.82, 2.24) is 15.0 Å². The number of carbonyl (C=O) groups is 1. The molecule has 1 amide bonds. The monoisotopic (exact) mass is 455 g/mol. The van der Waals surface area contributed by atoms with E-state index in [2.05, 4.69) is 20.6 Å². The van der Waals surface area contributed by atoms with Crippen LogP contribution in [0.15, 0.2) is 24.3 Å². The Labute approximate surface area is 193 Å². The third-order valence-electron chi connectivity index (χ3n) is 5.67. The number of nitrogens with zero attached hydrogens (tertiary/aromatic N) is 5. The molecule has 0 bridgehead atoms. The highest BCUT2D eigenvalue weighted by Crippen LogP contribution is 2.24. The Morgan fingerprint density at radius 3 is 1.64 bits per heavy atom. The minimum Gasteiger partial charge on any atom is -0.338 e. The Morgan fingerprint density at radius 2 is 1.21 bits per heavy atom. The second-order valence-corrected chi connectivity index (χ2v) is 8.96. The van der Waals surface area contributed by atoms with Crippen molar-refractivity contribution in [2.75, 3.05) is 46.6 Å². The van der Waals surface area contributed by atoms with Gasteiger partial charge in [0, 0.05) is 68.6 Å². The van der Waals surface area contributed by atoms with Gasteiger partial charge in [-0.25, -0.2) is 0 Å². The molecule has 2 saturated heterocycles. The van der Waals surface area contributed by atoms with Gasteiger partial charge in [0.25, 0.3) is 0 Å². The zero-order valence-corrected chi connectivity index (χ0v) is 18.8. The third-order valence-corrected chi connectivity index (χ3v) is 5.67. The normalized spacial score (nSPS) is 25.6. The Hall–Kier alpha value is -3.06. The van der Waals surface area contributed by atoms with Gasteiger partial charge in [-0.1, -0.05) is 0 Å². The van der Waals surface area contributed by atoms with Gasteiger partial charge < -0.3 is 43.4 Å². The summed E-state index contributed by atoms with van der Waals surface area (Å²) in [4.78, 5) is 29.3. The van der Waals surface area contributed by atoms with E-state index in [4.69, 9.17) is 27.9 Å². The van der Waals surface area contributed by atoms with Crippen molar-refractivity contribution in [1.29, 1.82) is 0 Å². The van der Waals surface area contributed by atoms with E-state index in [0.29, 0.717) is 49.7 Å². The number of amides is 1. The predicted octanol–water partition coefficient (Wildman–Crippen LogP) is -0.697. The van der Waals surface area contributed by atoms with Gasteiger partial charge in [0.1, 0.15) is 0 Å². The van der Waals surface area contributed by atoms with Crippen LogP contribution >= 0.6 is 0 Å². The minimum absolute atomic E-state index is 0.0523. The van der Waals surface area contributed by atoms with Crippen molar-refractivity contribution in [3.63, 3.8) is 0 Å². The van der Waals surface area contributed by atoms with E-state index in [0.717, 1.165) is 18.5 Å². The topological polar surface area (TPSA) is 190 Å². The molecule has 3 heterocycles. The summed E-state index contributed by atoms with van der Waals surface area (Å²) < 4.78 is 0. The van der Waals surface area contributed by atoms with Gasteiger partial charge in [-0.05, 0) is 37.1 Å². The Kier molecular flexibility index (Phi) is 6.88. The molecule has 1 aromatic heterocycles. The number of hydrogen-bond donors (Lipinski definition) is 6. The number of anilines is 5. The second kappa shape index (κ2) is 9.83. The van der Waals surface area contributed by atoms with Crippen LogP contribution in [-0.4, -0.2) is 71.2 Å². The fourth-order valence-electron chi connectivity index (χ4n) is 4.35. The van der Waals surface area contributed by atoms with E-state index in [9.17, 15) is 4.79 Å². The van der Waals surface area contributed by atoms with Crippen LogP contribution in [0.4, 0.5) is 29.2 Å². The van der Waals surface area contributed by atoms with Crippen LogP contribution in [0.5, 0.6) is 0 Å². The summed E-state index contributed by atoms with van der Waals surface area (Å²) in [6.07, 6.45) is 1.52. The van der Waals surface area contributed by atoms with E-state index in [1.165, 1.54) is 6.92 Å². The van der Waals surface area contributed by atoms with Gasteiger partial charge in [-0.15, -0.1) is 0 Å². The molecular formula is C21H33N11O. The molecule has 0 saturated carbocycles.